The Morgan fingerprint density at radius 2 is 1.27 bits per heavy atom. The summed E-state index contributed by atoms with van der Waals surface area (Å²) in [4.78, 5) is 4.73. The first-order valence-corrected chi connectivity index (χ1v) is 17.8. The Morgan fingerprint density at radius 3 is 2.02 bits per heavy atom. The van der Waals surface area contributed by atoms with Crippen molar-refractivity contribution < 1.29 is 9.47 Å². The van der Waals surface area contributed by atoms with Crippen molar-refractivity contribution in [3.05, 3.63) is 107 Å². The van der Waals surface area contributed by atoms with Crippen LogP contribution in [0.25, 0.3) is 22.3 Å². The van der Waals surface area contributed by atoms with Gasteiger partial charge in [0, 0.05) is 11.7 Å². The van der Waals surface area contributed by atoms with Crippen LogP contribution in [0.4, 0.5) is 0 Å². The molecule has 48 heavy (non-hydrogen) atoms. The van der Waals surface area contributed by atoms with Crippen LogP contribution >= 0.6 is 0 Å². The lowest BCUT2D eigenvalue weighted by Crippen LogP contribution is -2.57. The number of aromatic nitrogens is 1. The standard InChI is InChI=1S/C44H44BNO2/c1-26-18-20-42(2,3)31-12-8-10-29(38(26)31)27-14-16-33-36(24-27)47-35-19-23-46-41-40(35)45(33)34-17-15-28(25-37(34)48-41)30-11-9-13-32-39(30)44(6,7)22-21-43(32,4)5/h8-17,19,23-26H,18,20-22H2,1-7H3. The van der Waals surface area contributed by atoms with Gasteiger partial charge in [0.25, 0.3) is 6.71 Å². The summed E-state index contributed by atoms with van der Waals surface area (Å²) >= 11 is 0. The van der Waals surface area contributed by atoms with Crippen molar-refractivity contribution >= 4 is 23.1 Å². The predicted octanol–water partition coefficient (Wildman–Crippen LogP) is 9.67. The normalized spacial score (nSPS) is 20.2. The second-order valence-corrected chi connectivity index (χ2v) is 16.8. The molecular formula is C44H44BNO2. The van der Waals surface area contributed by atoms with Crippen molar-refractivity contribution in [2.45, 2.75) is 96.3 Å². The van der Waals surface area contributed by atoms with Gasteiger partial charge in [-0.15, -0.1) is 0 Å². The number of hydrogen-bond acceptors (Lipinski definition) is 3. The van der Waals surface area contributed by atoms with E-state index in [-0.39, 0.29) is 23.0 Å². The van der Waals surface area contributed by atoms with Gasteiger partial charge in [-0.2, -0.15) is 0 Å². The van der Waals surface area contributed by atoms with Crippen LogP contribution < -0.4 is 25.9 Å². The minimum absolute atomic E-state index is 0.0121. The van der Waals surface area contributed by atoms with Gasteiger partial charge in [-0.25, -0.2) is 4.98 Å². The first kappa shape index (κ1) is 29.8. The maximum absolute atomic E-state index is 6.69. The van der Waals surface area contributed by atoms with Crippen LogP contribution in [0, 0.1) is 0 Å². The molecule has 4 aliphatic rings. The Labute approximate surface area is 285 Å². The summed E-state index contributed by atoms with van der Waals surface area (Å²) in [5.74, 6) is 3.79. The molecule has 1 aromatic heterocycles. The molecule has 4 heteroatoms. The smallest absolute Gasteiger partial charge is 0.262 e. The molecule has 0 N–H and O–H groups in total. The Balaban J connectivity index is 1.17. The average molecular weight is 630 g/mol. The summed E-state index contributed by atoms with van der Waals surface area (Å²) in [6.07, 6.45) is 6.62. The summed E-state index contributed by atoms with van der Waals surface area (Å²) < 4.78 is 13.3. The Kier molecular flexibility index (Phi) is 6.28. The fourth-order valence-corrected chi connectivity index (χ4v) is 9.40. The van der Waals surface area contributed by atoms with E-state index in [2.05, 4.69) is 121 Å². The van der Waals surface area contributed by atoms with Gasteiger partial charge in [-0.3, -0.25) is 0 Å². The molecule has 4 aromatic carbocycles. The van der Waals surface area contributed by atoms with Gasteiger partial charge in [0.15, 0.2) is 0 Å². The molecule has 0 fully saturated rings. The number of hydrogen-bond donors (Lipinski definition) is 0. The topological polar surface area (TPSA) is 31.4 Å². The summed E-state index contributed by atoms with van der Waals surface area (Å²) in [5, 5.41) is 0. The fourth-order valence-electron chi connectivity index (χ4n) is 9.40. The lowest BCUT2D eigenvalue weighted by atomic mass is 9.35. The highest BCUT2D eigenvalue weighted by Crippen LogP contribution is 2.50. The van der Waals surface area contributed by atoms with Gasteiger partial charge < -0.3 is 9.47 Å². The zero-order valence-electron chi connectivity index (χ0n) is 29.3. The number of pyridine rings is 1. The third-order valence-corrected chi connectivity index (χ3v) is 12.3. The van der Waals surface area contributed by atoms with Crippen molar-refractivity contribution in [3.8, 4) is 45.4 Å². The van der Waals surface area contributed by atoms with E-state index >= 15 is 0 Å². The third kappa shape index (κ3) is 4.30. The van der Waals surface area contributed by atoms with Gasteiger partial charge in [0.1, 0.15) is 17.2 Å². The molecule has 0 amide bonds. The Morgan fingerprint density at radius 1 is 0.646 bits per heavy atom. The van der Waals surface area contributed by atoms with Crippen LogP contribution in [0.1, 0.15) is 102 Å². The van der Waals surface area contributed by atoms with E-state index in [1.807, 2.05) is 12.3 Å². The highest BCUT2D eigenvalue weighted by atomic mass is 16.5. The molecule has 0 bridgehead atoms. The molecule has 2 aliphatic carbocycles. The van der Waals surface area contributed by atoms with E-state index in [9.17, 15) is 0 Å². The van der Waals surface area contributed by atoms with Crippen LogP contribution in [0.15, 0.2) is 85.1 Å². The fraction of sp³-hybridized carbons (Fsp3) is 0.341. The Bertz CT molecular complexity index is 2160. The van der Waals surface area contributed by atoms with Gasteiger partial charge >= 0.3 is 0 Å². The molecule has 240 valence electrons. The number of fused-ring (bicyclic) bond motifs is 6. The monoisotopic (exact) mass is 629 g/mol. The minimum Gasteiger partial charge on any atom is -0.458 e. The van der Waals surface area contributed by atoms with Crippen LogP contribution in [-0.2, 0) is 16.2 Å². The predicted molar refractivity (Wildman–Crippen MR) is 199 cm³/mol. The van der Waals surface area contributed by atoms with Crippen molar-refractivity contribution in [2.75, 3.05) is 0 Å². The quantitative estimate of drug-likeness (QED) is 0.179. The highest BCUT2D eigenvalue weighted by molar-refractivity contribution is 6.98. The lowest BCUT2D eigenvalue weighted by molar-refractivity contribution is 0.333. The van der Waals surface area contributed by atoms with Crippen molar-refractivity contribution in [2.24, 2.45) is 0 Å². The van der Waals surface area contributed by atoms with E-state index in [1.54, 1.807) is 0 Å². The van der Waals surface area contributed by atoms with Gasteiger partial charge in [0.05, 0.1) is 0 Å². The molecular weight excluding hydrogens is 585 g/mol. The van der Waals surface area contributed by atoms with Gasteiger partial charge in [0.2, 0.25) is 5.88 Å². The highest BCUT2D eigenvalue weighted by Gasteiger charge is 2.42. The largest absolute Gasteiger partial charge is 0.458 e. The van der Waals surface area contributed by atoms with E-state index in [1.165, 1.54) is 70.2 Å². The molecule has 1 unspecified atom stereocenters. The molecule has 0 saturated carbocycles. The summed E-state index contributed by atoms with van der Waals surface area (Å²) in [5.41, 5.74) is 14.8. The molecule has 0 spiro atoms. The average Bonchev–Trinajstić information content (AvgIpc) is 3.07. The maximum atomic E-state index is 6.69. The first-order chi connectivity index (χ1) is 22.9. The summed E-state index contributed by atoms with van der Waals surface area (Å²) in [7, 11) is 0. The van der Waals surface area contributed by atoms with Crippen molar-refractivity contribution in [1.82, 2.24) is 4.98 Å². The van der Waals surface area contributed by atoms with Crippen LogP contribution in [0.2, 0.25) is 0 Å². The second-order valence-electron chi connectivity index (χ2n) is 16.8. The maximum Gasteiger partial charge on any atom is 0.262 e. The summed E-state index contributed by atoms with van der Waals surface area (Å²) in [6, 6.07) is 29.4. The third-order valence-electron chi connectivity index (χ3n) is 12.3. The number of nitrogens with zero attached hydrogens (tertiary/aromatic N) is 1. The zero-order chi connectivity index (χ0) is 33.2. The summed E-state index contributed by atoms with van der Waals surface area (Å²) in [6.45, 7) is 16.7. The number of benzene rings is 4. The lowest BCUT2D eigenvalue weighted by Gasteiger charge is -2.43. The van der Waals surface area contributed by atoms with Crippen LogP contribution in [0.5, 0.6) is 23.1 Å². The van der Waals surface area contributed by atoms with Crippen LogP contribution in [-0.4, -0.2) is 11.7 Å². The first-order valence-electron chi connectivity index (χ1n) is 17.8. The minimum atomic E-state index is -0.0121. The number of rotatable bonds is 2. The SMILES string of the molecule is CC1CCC(C)(C)c2cccc(-c3ccc4c(c3)Oc3ccnc5c3B4c3ccc(-c4cccc6c4C(C)(C)CCC6(C)C)cc3O5)c21. The van der Waals surface area contributed by atoms with Gasteiger partial charge in [-0.1, -0.05) is 109 Å². The molecule has 0 saturated heterocycles. The molecule has 9 rings (SSSR count). The molecule has 3 heterocycles. The van der Waals surface area contributed by atoms with Crippen molar-refractivity contribution in [1.29, 1.82) is 0 Å². The zero-order valence-corrected chi connectivity index (χ0v) is 29.3. The van der Waals surface area contributed by atoms with Crippen LogP contribution in [0.3, 0.4) is 0 Å². The molecule has 3 nitrogen and oxygen atoms in total. The van der Waals surface area contributed by atoms with E-state index in [0.717, 1.165) is 33.6 Å². The van der Waals surface area contributed by atoms with Gasteiger partial charge in [-0.05, 0) is 121 Å². The van der Waals surface area contributed by atoms with E-state index in [0.29, 0.717) is 11.8 Å². The van der Waals surface area contributed by atoms with E-state index < -0.39 is 0 Å². The molecule has 1 atom stereocenters. The molecule has 2 aliphatic heterocycles. The Hall–Kier alpha value is -4.31. The van der Waals surface area contributed by atoms with Crippen molar-refractivity contribution in [3.63, 3.8) is 0 Å². The number of ether oxygens (including phenoxy) is 2. The second kappa shape index (κ2) is 10.1. The molecule has 5 aromatic rings. The van der Waals surface area contributed by atoms with E-state index in [4.69, 9.17) is 14.5 Å². The molecule has 0 radical (unpaired) electrons.